The molecule has 2 atom stereocenters. The zero-order valence-electron chi connectivity index (χ0n) is 7.94. The lowest BCUT2D eigenvalue weighted by molar-refractivity contribution is -0.172. The van der Waals surface area contributed by atoms with Gasteiger partial charge in [0.2, 0.25) is 0 Å². The standard InChI is InChI=1S/C8H14O5/c1-4-12-7(10)8(11)13-6(3)5(2)9/h5-6,9H,4H2,1-3H3. The molecule has 0 heterocycles. The molecule has 0 spiro atoms. The van der Waals surface area contributed by atoms with Crippen molar-refractivity contribution in [2.75, 3.05) is 6.61 Å². The Morgan fingerprint density at radius 1 is 1.31 bits per heavy atom. The average molecular weight is 190 g/mol. The maximum absolute atomic E-state index is 10.8. The van der Waals surface area contributed by atoms with E-state index in [4.69, 9.17) is 5.11 Å². The highest BCUT2D eigenvalue weighted by Gasteiger charge is 2.21. The fraction of sp³-hybridized carbons (Fsp3) is 0.750. The highest BCUT2D eigenvalue weighted by atomic mass is 16.6. The molecule has 5 nitrogen and oxygen atoms in total. The van der Waals surface area contributed by atoms with E-state index in [1.54, 1.807) is 6.92 Å². The van der Waals surface area contributed by atoms with E-state index in [2.05, 4.69) is 9.47 Å². The summed E-state index contributed by atoms with van der Waals surface area (Å²) in [4.78, 5) is 21.6. The van der Waals surface area contributed by atoms with Crippen molar-refractivity contribution in [3.8, 4) is 0 Å². The molecule has 0 rings (SSSR count). The molecule has 1 N–H and O–H groups in total. The molecule has 0 aliphatic heterocycles. The predicted octanol–water partition coefficient (Wildman–Crippen LogP) is -0.138. The Hall–Kier alpha value is -1.10. The fourth-order valence-corrected chi connectivity index (χ4v) is 0.505. The third kappa shape index (κ3) is 4.47. The first kappa shape index (κ1) is 11.9. The first-order chi connectivity index (χ1) is 5.99. The third-order valence-corrected chi connectivity index (χ3v) is 1.41. The highest BCUT2D eigenvalue weighted by molar-refractivity contribution is 6.29. The number of esters is 2. The van der Waals surface area contributed by atoms with Gasteiger partial charge in [-0.2, -0.15) is 0 Å². The van der Waals surface area contributed by atoms with Gasteiger partial charge in [-0.1, -0.05) is 0 Å². The van der Waals surface area contributed by atoms with Gasteiger partial charge in [0, 0.05) is 0 Å². The van der Waals surface area contributed by atoms with Crippen LogP contribution in [0, 0.1) is 0 Å². The Bertz CT molecular complexity index is 187. The first-order valence-electron chi connectivity index (χ1n) is 4.04. The third-order valence-electron chi connectivity index (χ3n) is 1.41. The van der Waals surface area contributed by atoms with Gasteiger partial charge in [0.15, 0.2) is 0 Å². The molecule has 0 aromatic carbocycles. The summed E-state index contributed by atoms with van der Waals surface area (Å²) >= 11 is 0. The fourth-order valence-electron chi connectivity index (χ4n) is 0.505. The molecule has 0 radical (unpaired) electrons. The molecule has 0 fully saturated rings. The molecule has 0 saturated carbocycles. The van der Waals surface area contributed by atoms with E-state index in [9.17, 15) is 9.59 Å². The quantitative estimate of drug-likeness (QED) is 0.495. The van der Waals surface area contributed by atoms with Crippen molar-refractivity contribution in [2.24, 2.45) is 0 Å². The number of hydrogen-bond acceptors (Lipinski definition) is 5. The Kier molecular flexibility index (Phi) is 5.06. The minimum atomic E-state index is -1.07. The van der Waals surface area contributed by atoms with Gasteiger partial charge in [0.05, 0.1) is 12.7 Å². The van der Waals surface area contributed by atoms with Gasteiger partial charge in [0.1, 0.15) is 6.10 Å². The molecule has 0 amide bonds. The molecule has 13 heavy (non-hydrogen) atoms. The Labute approximate surface area is 76.6 Å². The van der Waals surface area contributed by atoms with Gasteiger partial charge < -0.3 is 14.6 Å². The van der Waals surface area contributed by atoms with Crippen molar-refractivity contribution in [3.63, 3.8) is 0 Å². The molecule has 0 saturated heterocycles. The average Bonchev–Trinajstić information content (AvgIpc) is 2.04. The van der Waals surface area contributed by atoms with E-state index in [-0.39, 0.29) is 6.61 Å². The number of carbonyl (C=O) groups excluding carboxylic acids is 2. The molecule has 0 aromatic rings. The van der Waals surface area contributed by atoms with Crippen LogP contribution in [0.3, 0.4) is 0 Å². The van der Waals surface area contributed by atoms with E-state index in [1.165, 1.54) is 13.8 Å². The summed E-state index contributed by atoms with van der Waals surface area (Å²) in [6, 6.07) is 0. The number of rotatable bonds is 3. The SMILES string of the molecule is CCOC(=O)C(=O)OC(C)C(C)O. The van der Waals surface area contributed by atoms with Crippen LogP contribution in [0.15, 0.2) is 0 Å². The van der Waals surface area contributed by atoms with Crippen LogP contribution in [0.1, 0.15) is 20.8 Å². The van der Waals surface area contributed by atoms with Crippen molar-refractivity contribution < 1.29 is 24.2 Å². The summed E-state index contributed by atoms with van der Waals surface area (Å²) in [7, 11) is 0. The zero-order chi connectivity index (χ0) is 10.4. The second-order valence-electron chi connectivity index (χ2n) is 2.57. The number of carbonyl (C=O) groups is 2. The second kappa shape index (κ2) is 5.53. The van der Waals surface area contributed by atoms with Crippen LogP contribution in [0.2, 0.25) is 0 Å². The molecule has 0 bridgehead atoms. The van der Waals surface area contributed by atoms with E-state index in [0.29, 0.717) is 0 Å². The number of aliphatic hydroxyl groups excluding tert-OH is 1. The van der Waals surface area contributed by atoms with Gasteiger partial charge in [-0.15, -0.1) is 0 Å². The summed E-state index contributed by atoms with van der Waals surface area (Å²) in [5.41, 5.74) is 0. The summed E-state index contributed by atoms with van der Waals surface area (Å²) in [5, 5.41) is 8.95. The zero-order valence-corrected chi connectivity index (χ0v) is 7.94. The normalized spacial score (nSPS) is 14.5. The molecule has 0 aromatic heterocycles. The number of ether oxygens (including phenoxy) is 2. The smallest absolute Gasteiger partial charge is 0.417 e. The van der Waals surface area contributed by atoms with Crippen LogP contribution in [0.25, 0.3) is 0 Å². The molecule has 5 heteroatoms. The molecule has 0 aliphatic carbocycles. The lowest BCUT2D eigenvalue weighted by atomic mass is 10.3. The Morgan fingerprint density at radius 2 is 1.85 bits per heavy atom. The minimum absolute atomic E-state index is 0.122. The number of aliphatic hydroxyl groups is 1. The maximum atomic E-state index is 10.8. The van der Waals surface area contributed by atoms with Gasteiger partial charge >= 0.3 is 11.9 Å². The van der Waals surface area contributed by atoms with E-state index in [1.807, 2.05) is 0 Å². The number of hydrogen-bond donors (Lipinski definition) is 1. The predicted molar refractivity (Wildman–Crippen MR) is 43.9 cm³/mol. The van der Waals surface area contributed by atoms with Crippen LogP contribution in [0.5, 0.6) is 0 Å². The summed E-state index contributed by atoms with van der Waals surface area (Å²) in [5.74, 6) is -2.11. The van der Waals surface area contributed by atoms with Gasteiger partial charge in [-0.25, -0.2) is 9.59 Å². The van der Waals surface area contributed by atoms with Crippen LogP contribution < -0.4 is 0 Å². The van der Waals surface area contributed by atoms with Crippen LogP contribution in [-0.2, 0) is 19.1 Å². The van der Waals surface area contributed by atoms with Gasteiger partial charge in [-0.05, 0) is 20.8 Å². The van der Waals surface area contributed by atoms with Crippen molar-refractivity contribution in [2.45, 2.75) is 33.0 Å². The lowest BCUT2D eigenvalue weighted by Gasteiger charge is -2.14. The summed E-state index contributed by atoms with van der Waals surface area (Å²) in [6.07, 6.45) is -1.52. The largest absolute Gasteiger partial charge is 0.458 e. The highest BCUT2D eigenvalue weighted by Crippen LogP contribution is 1.98. The van der Waals surface area contributed by atoms with Crippen LogP contribution >= 0.6 is 0 Å². The Balaban J connectivity index is 3.93. The first-order valence-corrected chi connectivity index (χ1v) is 4.04. The van der Waals surface area contributed by atoms with Gasteiger partial charge in [0.25, 0.3) is 0 Å². The van der Waals surface area contributed by atoms with Gasteiger partial charge in [-0.3, -0.25) is 0 Å². The van der Waals surface area contributed by atoms with E-state index >= 15 is 0 Å². The van der Waals surface area contributed by atoms with Crippen molar-refractivity contribution >= 4 is 11.9 Å². The van der Waals surface area contributed by atoms with E-state index in [0.717, 1.165) is 0 Å². The summed E-state index contributed by atoms with van der Waals surface area (Å²) in [6.45, 7) is 4.66. The van der Waals surface area contributed by atoms with Crippen molar-refractivity contribution in [1.82, 2.24) is 0 Å². The minimum Gasteiger partial charge on any atom is -0.458 e. The molecular weight excluding hydrogens is 176 g/mol. The molecule has 0 aliphatic rings. The van der Waals surface area contributed by atoms with Crippen LogP contribution in [-0.4, -0.2) is 35.9 Å². The van der Waals surface area contributed by atoms with Crippen LogP contribution in [0.4, 0.5) is 0 Å². The van der Waals surface area contributed by atoms with E-state index < -0.39 is 24.1 Å². The maximum Gasteiger partial charge on any atom is 0.417 e. The molecule has 2 unspecified atom stereocenters. The molecular formula is C8H14O5. The Morgan fingerprint density at radius 3 is 2.23 bits per heavy atom. The van der Waals surface area contributed by atoms with Crippen molar-refractivity contribution in [1.29, 1.82) is 0 Å². The lowest BCUT2D eigenvalue weighted by Crippen LogP contribution is -2.30. The summed E-state index contributed by atoms with van der Waals surface area (Å²) < 4.78 is 8.95. The van der Waals surface area contributed by atoms with Crippen molar-refractivity contribution in [3.05, 3.63) is 0 Å². The monoisotopic (exact) mass is 190 g/mol. The second-order valence-corrected chi connectivity index (χ2v) is 2.57. The topological polar surface area (TPSA) is 72.8 Å². The molecule has 76 valence electrons.